The Kier molecular flexibility index (Phi) is 4.38. The Morgan fingerprint density at radius 1 is 1.12 bits per heavy atom. The lowest BCUT2D eigenvalue weighted by molar-refractivity contribution is -0.131. The molecular formula is C20H27N3O2. The van der Waals surface area contributed by atoms with Crippen LogP contribution in [0.15, 0.2) is 34.9 Å². The normalized spacial score (nSPS) is 25.2. The molecule has 1 aromatic carbocycles. The van der Waals surface area contributed by atoms with Crippen LogP contribution in [0.5, 0.6) is 0 Å². The van der Waals surface area contributed by atoms with Gasteiger partial charge in [-0.25, -0.2) is 0 Å². The molecule has 134 valence electrons. The van der Waals surface area contributed by atoms with Crippen LogP contribution < -0.4 is 0 Å². The van der Waals surface area contributed by atoms with Gasteiger partial charge in [-0.3, -0.25) is 4.90 Å². The van der Waals surface area contributed by atoms with E-state index >= 15 is 0 Å². The van der Waals surface area contributed by atoms with Crippen molar-refractivity contribution in [1.29, 1.82) is 0 Å². The van der Waals surface area contributed by atoms with E-state index < -0.39 is 0 Å². The Hall–Kier alpha value is -1.72. The molecule has 5 nitrogen and oxygen atoms in total. The summed E-state index contributed by atoms with van der Waals surface area (Å²) in [5, 5.41) is 4.19. The third-order valence-electron chi connectivity index (χ3n) is 5.09. The quantitative estimate of drug-likeness (QED) is 0.843. The van der Waals surface area contributed by atoms with E-state index in [1.807, 2.05) is 6.07 Å². The molecule has 2 fully saturated rings. The van der Waals surface area contributed by atoms with E-state index in [1.54, 1.807) is 0 Å². The van der Waals surface area contributed by atoms with Crippen LogP contribution in [-0.4, -0.2) is 34.2 Å². The molecule has 2 heterocycles. The summed E-state index contributed by atoms with van der Waals surface area (Å²) >= 11 is 0. The van der Waals surface area contributed by atoms with Gasteiger partial charge in [0.2, 0.25) is 5.89 Å². The topological polar surface area (TPSA) is 51.4 Å². The zero-order chi connectivity index (χ0) is 17.4. The van der Waals surface area contributed by atoms with Crippen LogP contribution in [0.2, 0.25) is 0 Å². The molecule has 25 heavy (non-hydrogen) atoms. The highest BCUT2D eigenvalue weighted by Crippen LogP contribution is 2.39. The van der Waals surface area contributed by atoms with Gasteiger partial charge in [-0.1, -0.05) is 56.3 Å². The molecule has 2 aromatic rings. The number of morpholine rings is 1. The van der Waals surface area contributed by atoms with Gasteiger partial charge >= 0.3 is 0 Å². The molecule has 0 N–H and O–H groups in total. The molecule has 1 saturated heterocycles. The summed E-state index contributed by atoms with van der Waals surface area (Å²) in [5.41, 5.74) is 1.32. The minimum atomic E-state index is 0.0778. The average molecular weight is 341 g/mol. The van der Waals surface area contributed by atoms with Crippen molar-refractivity contribution in [3.63, 3.8) is 0 Å². The van der Waals surface area contributed by atoms with E-state index in [0.717, 1.165) is 31.3 Å². The molecule has 2 aliphatic rings. The summed E-state index contributed by atoms with van der Waals surface area (Å²) in [7, 11) is 0. The van der Waals surface area contributed by atoms with E-state index in [4.69, 9.17) is 9.26 Å². The number of hydrogen-bond donors (Lipinski definition) is 0. The summed E-state index contributed by atoms with van der Waals surface area (Å²) in [6.45, 7) is 9.17. The number of aromatic nitrogens is 2. The van der Waals surface area contributed by atoms with Crippen LogP contribution in [0.3, 0.4) is 0 Å². The van der Waals surface area contributed by atoms with Crippen LogP contribution in [0.1, 0.15) is 62.9 Å². The summed E-state index contributed by atoms with van der Waals surface area (Å²) in [6.07, 6.45) is 2.61. The lowest BCUT2D eigenvalue weighted by Crippen LogP contribution is -2.48. The Morgan fingerprint density at radius 2 is 1.88 bits per heavy atom. The third kappa shape index (κ3) is 3.93. The predicted octanol–water partition coefficient (Wildman–Crippen LogP) is 3.94. The molecule has 1 aromatic heterocycles. The van der Waals surface area contributed by atoms with Gasteiger partial charge in [0, 0.05) is 19.0 Å². The molecule has 0 amide bonds. The molecule has 0 spiro atoms. The van der Waals surface area contributed by atoms with Crippen molar-refractivity contribution in [2.75, 3.05) is 13.1 Å². The Bertz CT molecular complexity index is 703. The van der Waals surface area contributed by atoms with Crippen LogP contribution in [0, 0.1) is 5.41 Å². The Balaban J connectivity index is 1.50. The molecule has 1 aliphatic carbocycles. The second-order valence-electron chi connectivity index (χ2n) is 8.41. The maximum Gasteiger partial charge on any atom is 0.229 e. The van der Waals surface area contributed by atoms with Crippen molar-refractivity contribution in [3.05, 3.63) is 47.6 Å². The molecule has 2 atom stereocenters. The van der Waals surface area contributed by atoms with Gasteiger partial charge in [0.1, 0.15) is 0 Å². The van der Waals surface area contributed by atoms with Crippen LogP contribution in [0.25, 0.3) is 0 Å². The smallest absolute Gasteiger partial charge is 0.229 e. The van der Waals surface area contributed by atoms with E-state index in [2.05, 4.69) is 60.1 Å². The highest BCUT2D eigenvalue weighted by atomic mass is 16.5. The number of hydrogen-bond acceptors (Lipinski definition) is 5. The molecule has 5 heteroatoms. The fraction of sp³-hybridized carbons (Fsp3) is 0.600. The highest BCUT2D eigenvalue weighted by molar-refractivity contribution is 5.18. The predicted molar refractivity (Wildman–Crippen MR) is 95.1 cm³/mol. The van der Waals surface area contributed by atoms with Crippen LogP contribution in [-0.2, 0) is 11.3 Å². The van der Waals surface area contributed by atoms with Gasteiger partial charge in [-0.2, -0.15) is 4.98 Å². The minimum absolute atomic E-state index is 0.0778. The number of ether oxygens (including phenoxy) is 1. The lowest BCUT2D eigenvalue weighted by Gasteiger charge is -2.43. The number of rotatable bonds is 4. The van der Waals surface area contributed by atoms with Gasteiger partial charge in [0.05, 0.1) is 18.8 Å². The van der Waals surface area contributed by atoms with E-state index in [9.17, 15) is 0 Å². The van der Waals surface area contributed by atoms with Crippen LogP contribution in [0.4, 0.5) is 0 Å². The second-order valence-corrected chi connectivity index (χ2v) is 8.41. The maximum absolute atomic E-state index is 6.45. The van der Waals surface area contributed by atoms with Gasteiger partial charge in [0.15, 0.2) is 5.82 Å². The molecule has 1 aliphatic heterocycles. The van der Waals surface area contributed by atoms with Crippen LogP contribution >= 0.6 is 0 Å². The van der Waals surface area contributed by atoms with Crippen molar-refractivity contribution in [2.24, 2.45) is 5.41 Å². The molecule has 1 saturated carbocycles. The molecular weight excluding hydrogens is 314 g/mol. The molecule has 4 rings (SSSR count). The Labute approximate surface area is 149 Å². The van der Waals surface area contributed by atoms with Gasteiger partial charge in [-0.15, -0.1) is 0 Å². The van der Waals surface area contributed by atoms with Crippen molar-refractivity contribution >= 4 is 0 Å². The summed E-state index contributed by atoms with van der Waals surface area (Å²) in [5.74, 6) is 2.11. The number of benzene rings is 1. The molecule has 0 unspecified atom stereocenters. The minimum Gasteiger partial charge on any atom is -0.367 e. The van der Waals surface area contributed by atoms with Crippen molar-refractivity contribution in [1.82, 2.24) is 15.0 Å². The largest absolute Gasteiger partial charge is 0.367 e. The fourth-order valence-electron chi connectivity index (χ4n) is 3.31. The van der Waals surface area contributed by atoms with Gasteiger partial charge < -0.3 is 9.26 Å². The highest BCUT2D eigenvalue weighted by Gasteiger charge is 2.36. The standard InChI is InChI=1S/C20H27N3O2/c1-20(2,3)17-12-23(11-16(24-17)14-7-5-4-6-8-14)13-18-21-19(25-22-18)15-9-10-15/h4-8,15-17H,9-13H2,1-3H3/t16-,17+/m0/s1. The SMILES string of the molecule is CC(C)(C)[C@H]1CN(Cc2noc(C3CC3)n2)C[C@@H](c2ccccc2)O1. The van der Waals surface area contributed by atoms with Crippen molar-refractivity contribution < 1.29 is 9.26 Å². The first-order valence-corrected chi connectivity index (χ1v) is 9.24. The van der Waals surface area contributed by atoms with Crippen molar-refractivity contribution in [2.45, 2.75) is 58.3 Å². The van der Waals surface area contributed by atoms with E-state index in [0.29, 0.717) is 5.92 Å². The monoisotopic (exact) mass is 341 g/mol. The summed E-state index contributed by atoms with van der Waals surface area (Å²) < 4.78 is 11.9. The van der Waals surface area contributed by atoms with Gasteiger partial charge in [-0.05, 0) is 23.8 Å². The lowest BCUT2D eigenvalue weighted by atomic mass is 9.87. The average Bonchev–Trinajstić information content (AvgIpc) is 3.35. The first kappa shape index (κ1) is 16.7. The van der Waals surface area contributed by atoms with E-state index in [1.165, 1.54) is 18.4 Å². The summed E-state index contributed by atoms with van der Waals surface area (Å²) in [6, 6.07) is 10.5. The Morgan fingerprint density at radius 3 is 2.56 bits per heavy atom. The fourth-order valence-corrected chi connectivity index (χ4v) is 3.31. The first-order chi connectivity index (χ1) is 12.0. The van der Waals surface area contributed by atoms with Gasteiger partial charge in [0.25, 0.3) is 0 Å². The first-order valence-electron chi connectivity index (χ1n) is 9.24. The maximum atomic E-state index is 6.45. The zero-order valence-electron chi connectivity index (χ0n) is 15.3. The third-order valence-corrected chi connectivity index (χ3v) is 5.09. The molecule has 0 bridgehead atoms. The summed E-state index contributed by atoms with van der Waals surface area (Å²) in [4.78, 5) is 6.99. The number of nitrogens with zero attached hydrogens (tertiary/aromatic N) is 3. The second kappa shape index (κ2) is 6.54. The zero-order valence-corrected chi connectivity index (χ0v) is 15.3. The van der Waals surface area contributed by atoms with E-state index in [-0.39, 0.29) is 17.6 Å². The van der Waals surface area contributed by atoms with Crippen molar-refractivity contribution in [3.8, 4) is 0 Å². The molecule has 0 radical (unpaired) electrons.